The number of rotatable bonds is 3. The van der Waals surface area contributed by atoms with E-state index in [0.29, 0.717) is 12.1 Å². The van der Waals surface area contributed by atoms with Crippen LogP contribution in [0.4, 0.5) is 11.6 Å². The Morgan fingerprint density at radius 3 is 2.95 bits per heavy atom. The van der Waals surface area contributed by atoms with Gasteiger partial charge in [-0.05, 0) is 32.7 Å². The Balaban J connectivity index is 1.89. The van der Waals surface area contributed by atoms with E-state index in [0.717, 1.165) is 36.7 Å². The minimum Gasteiger partial charge on any atom is -0.351 e. The Labute approximate surface area is 126 Å². The van der Waals surface area contributed by atoms with Crippen LogP contribution in [0.5, 0.6) is 0 Å². The molecule has 3 rings (SSSR count). The molecule has 2 saturated heterocycles. The van der Waals surface area contributed by atoms with Crippen LogP contribution >= 0.6 is 0 Å². The summed E-state index contributed by atoms with van der Waals surface area (Å²) >= 11 is 0. The van der Waals surface area contributed by atoms with Gasteiger partial charge in [0, 0.05) is 30.7 Å². The molecule has 2 aliphatic rings. The molecule has 1 aromatic rings. The van der Waals surface area contributed by atoms with E-state index in [9.17, 15) is 0 Å². The normalized spacial score (nSPS) is 26.5. The fourth-order valence-electron chi connectivity index (χ4n) is 3.75. The predicted octanol–water partition coefficient (Wildman–Crippen LogP) is 1.39. The van der Waals surface area contributed by atoms with E-state index in [1.807, 2.05) is 0 Å². The topological polar surface area (TPSA) is 70.3 Å². The third kappa shape index (κ3) is 2.70. The van der Waals surface area contributed by atoms with Crippen LogP contribution < -0.4 is 16.2 Å². The third-order valence-electron chi connectivity index (χ3n) is 4.87. The molecule has 0 bridgehead atoms. The Kier molecular flexibility index (Phi) is 4.26. The molecule has 2 unspecified atom stereocenters. The fraction of sp³-hybridized carbons (Fsp3) is 0.733. The third-order valence-corrected chi connectivity index (χ3v) is 4.87. The maximum absolute atomic E-state index is 5.60. The first-order chi connectivity index (χ1) is 10.2. The lowest BCUT2D eigenvalue weighted by Crippen LogP contribution is -2.59. The summed E-state index contributed by atoms with van der Waals surface area (Å²) in [5, 5.41) is 0. The van der Waals surface area contributed by atoms with Crippen LogP contribution in [0, 0.1) is 0 Å². The molecule has 116 valence electrons. The molecule has 2 fully saturated rings. The van der Waals surface area contributed by atoms with Crippen molar-refractivity contribution in [2.75, 3.05) is 30.0 Å². The molecule has 3 N–H and O–H groups in total. The lowest BCUT2D eigenvalue weighted by Gasteiger charge is -2.48. The van der Waals surface area contributed by atoms with Gasteiger partial charge in [0.15, 0.2) is 0 Å². The second kappa shape index (κ2) is 6.15. The number of aromatic nitrogens is 2. The van der Waals surface area contributed by atoms with Crippen LogP contribution in [0.2, 0.25) is 0 Å². The number of nitrogens with one attached hydrogen (secondary N) is 1. The molecule has 2 atom stereocenters. The highest BCUT2D eigenvalue weighted by Gasteiger charge is 2.34. The number of hydrogen-bond donors (Lipinski definition) is 2. The van der Waals surface area contributed by atoms with Gasteiger partial charge in [-0.1, -0.05) is 13.3 Å². The Hall–Kier alpha value is -1.40. The number of piperazine rings is 1. The van der Waals surface area contributed by atoms with Crippen molar-refractivity contribution >= 4 is 11.6 Å². The van der Waals surface area contributed by atoms with Crippen molar-refractivity contribution in [1.82, 2.24) is 14.9 Å². The standard InChI is InChI=1S/C15H26N6/c1-3-13-14(19-16)17-10-18-15(13)21-9-12-6-4-5-7-20(12)8-11(21)2/h10-12H,3-9,16H2,1-2H3,(H,17,18,19). The van der Waals surface area contributed by atoms with E-state index in [2.05, 4.69) is 39.0 Å². The van der Waals surface area contributed by atoms with Crippen LogP contribution in [0.25, 0.3) is 0 Å². The zero-order chi connectivity index (χ0) is 14.8. The largest absolute Gasteiger partial charge is 0.351 e. The van der Waals surface area contributed by atoms with Gasteiger partial charge < -0.3 is 10.3 Å². The van der Waals surface area contributed by atoms with Crippen molar-refractivity contribution in [2.45, 2.75) is 51.6 Å². The Bertz CT molecular complexity index is 491. The Morgan fingerprint density at radius 2 is 2.19 bits per heavy atom. The first-order valence-electron chi connectivity index (χ1n) is 8.05. The molecule has 3 heterocycles. The molecular weight excluding hydrogens is 264 g/mol. The summed E-state index contributed by atoms with van der Waals surface area (Å²) in [4.78, 5) is 13.9. The number of nitrogen functional groups attached to an aromatic ring is 1. The Morgan fingerprint density at radius 1 is 1.33 bits per heavy atom. The molecule has 2 aliphatic heterocycles. The van der Waals surface area contributed by atoms with E-state index in [4.69, 9.17) is 5.84 Å². The summed E-state index contributed by atoms with van der Waals surface area (Å²) in [6, 6.07) is 1.15. The molecule has 0 saturated carbocycles. The van der Waals surface area contributed by atoms with Crippen molar-refractivity contribution in [1.29, 1.82) is 0 Å². The number of piperidine rings is 1. The van der Waals surface area contributed by atoms with E-state index in [-0.39, 0.29) is 0 Å². The summed E-state index contributed by atoms with van der Waals surface area (Å²) in [7, 11) is 0. The quantitative estimate of drug-likeness (QED) is 0.647. The maximum Gasteiger partial charge on any atom is 0.148 e. The fourth-order valence-corrected chi connectivity index (χ4v) is 3.75. The first-order valence-corrected chi connectivity index (χ1v) is 8.05. The van der Waals surface area contributed by atoms with Gasteiger partial charge in [0.05, 0.1) is 0 Å². The average Bonchev–Trinajstić information content (AvgIpc) is 2.53. The first kappa shape index (κ1) is 14.5. The minimum absolute atomic E-state index is 0.477. The molecule has 0 spiro atoms. The summed E-state index contributed by atoms with van der Waals surface area (Å²) in [6.07, 6.45) is 6.50. The molecule has 6 heteroatoms. The van der Waals surface area contributed by atoms with E-state index in [1.165, 1.54) is 25.8 Å². The predicted molar refractivity (Wildman–Crippen MR) is 85.2 cm³/mol. The number of nitrogens with zero attached hydrogens (tertiary/aromatic N) is 4. The highest BCUT2D eigenvalue weighted by atomic mass is 15.3. The van der Waals surface area contributed by atoms with E-state index >= 15 is 0 Å². The SMILES string of the molecule is CCc1c(NN)ncnc1N1CC2CCCCN2CC1C. The van der Waals surface area contributed by atoms with Crippen LogP contribution in [0.15, 0.2) is 6.33 Å². The lowest BCUT2D eigenvalue weighted by molar-refractivity contribution is 0.115. The highest BCUT2D eigenvalue weighted by Crippen LogP contribution is 2.30. The second-order valence-corrected chi connectivity index (χ2v) is 6.17. The number of nitrogens with two attached hydrogens (primary N) is 1. The zero-order valence-electron chi connectivity index (χ0n) is 13.0. The number of hydrogen-bond acceptors (Lipinski definition) is 6. The van der Waals surface area contributed by atoms with E-state index < -0.39 is 0 Å². The molecule has 6 nitrogen and oxygen atoms in total. The van der Waals surface area contributed by atoms with Crippen molar-refractivity contribution in [3.05, 3.63) is 11.9 Å². The molecular formula is C15H26N6. The monoisotopic (exact) mass is 290 g/mol. The van der Waals surface area contributed by atoms with Crippen molar-refractivity contribution in [3.8, 4) is 0 Å². The van der Waals surface area contributed by atoms with Gasteiger partial charge in [0.1, 0.15) is 18.0 Å². The van der Waals surface area contributed by atoms with Gasteiger partial charge in [-0.3, -0.25) is 4.90 Å². The van der Waals surface area contributed by atoms with Crippen LogP contribution in [-0.4, -0.2) is 46.6 Å². The summed E-state index contributed by atoms with van der Waals surface area (Å²) in [5.41, 5.74) is 3.83. The minimum atomic E-state index is 0.477. The van der Waals surface area contributed by atoms with Crippen molar-refractivity contribution in [3.63, 3.8) is 0 Å². The number of hydrazine groups is 1. The molecule has 1 aromatic heterocycles. The van der Waals surface area contributed by atoms with Gasteiger partial charge in [0.2, 0.25) is 0 Å². The van der Waals surface area contributed by atoms with Crippen LogP contribution in [0.1, 0.15) is 38.7 Å². The molecule has 21 heavy (non-hydrogen) atoms. The van der Waals surface area contributed by atoms with Crippen molar-refractivity contribution in [2.24, 2.45) is 5.84 Å². The maximum atomic E-state index is 5.60. The van der Waals surface area contributed by atoms with Crippen LogP contribution in [-0.2, 0) is 6.42 Å². The van der Waals surface area contributed by atoms with Crippen LogP contribution in [0.3, 0.4) is 0 Å². The summed E-state index contributed by atoms with van der Waals surface area (Å²) in [5.74, 6) is 7.40. The zero-order valence-corrected chi connectivity index (χ0v) is 13.0. The lowest BCUT2D eigenvalue weighted by atomic mass is 9.96. The second-order valence-electron chi connectivity index (χ2n) is 6.17. The highest BCUT2D eigenvalue weighted by molar-refractivity contribution is 5.59. The molecule has 0 radical (unpaired) electrons. The van der Waals surface area contributed by atoms with E-state index in [1.54, 1.807) is 6.33 Å². The van der Waals surface area contributed by atoms with Gasteiger partial charge in [-0.2, -0.15) is 0 Å². The average molecular weight is 290 g/mol. The van der Waals surface area contributed by atoms with Gasteiger partial charge >= 0.3 is 0 Å². The van der Waals surface area contributed by atoms with Gasteiger partial charge in [-0.15, -0.1) is 0 Å². The van der Waals surface area contributed by atoms with Gasteiger partial charge in [0.25, 0.3) is 0 Å². The number of anilines is 2. The smallest absolute Gasteiger partial charge is 0.148 e. The summed E-state index contributed by atoms with van der Waals surface area (Å²) in [6.45, 7) is 7.87. The molecule has 0 aromatic carbocycles. The van der Waals surface area contributed by atoms with Crippen molar-refractivity contribution < 1.29 is 0 Å². The number of fused-ring (bicyclic) bond motifs is 1. The molecule has 0 aliphatic carbocycles. The molecule has 0 amide bonds. The summed E-state index contributed by atoms with van der Waals surface area (Å²) < 4.78 is 0. The van der Waals surface area contributed by atoms with Gasteiger partial charge in [-0.25, -0.2) is 15.8 Å².